The predicted molar refractivity (Wildman–Crippen MR) is 66.8 cm³/mol. The van der Waals surface area contributed by atoms with Crippen LogP contribution in [0.25, 0.3) is 11.1 Å². The Morgan fingerprint density at radius 1 is 1.29 bits per heavy atom. The molecular formula is C13H8N2OS. The van der Waals surface area contributed by atoms with Gasteiger partial charge in [0, 0.05) is 11.3 Å². The van der Waals surface area contributed by atoms with Crippen LogP contribution in [0.1, 0.15) is 11.1 Å². The predicted octanol–water partition coefficient (Wildman–Crippen LogP) is 2.52. The number of hydrogen-bond donors (Lipinski definition) is 1. The molecule has 0 spiro atoms. The third-order valence-corrected chi connectivity index (χ3v) is 3.87. The van der Waals surface area contributed by atoms with Crippen LogP contribution in [0.5, 0.6) is 0 Å². The van der Waals surface area contributed by atoms with Gasteiger partial charge in [0.1, 0.15) is 11.6 Å². The third-order valence-electron chi connectivity index (χ3n) is 2.80. The van der Waals surface area contributed by atoms with Gasteiger partial charge in [0.25, 0.3) is 5.56 Å². The first-order valence-electron chi connectivity index (χ1n) is 5.18. The zero-order chi connectivity index (χ0) is 11.8. The highest BCUT2D eigenvalue weighted by atomic mass is 32.2. The van der Waals surface area contributed by atoms with Gasteiger partial charge in [-0.25, -0.2) is 0 Å². The van der Waals surface area contributed by atoms with Gasteiger partial charge in [-0.05, 0) is 17.2 Å². The number of aromatic nitrogens is 1. The van der Waals surface area contributed by atoms with Gasteiger partial charge in [-0.15, -0.1) is 11.8 Å². The van der Waals surface area contributed by atoms with Gasteiger partial charge in [0.05, 0.1) is 5.03 Å². The molecule has 0 fully saturated rings. The summed E-state index contributed by atoms with van der Waals surface area (Å²) < 4.78 is 0. The Balaban J connectivity index is 2.32. The second-order valence-corrected chi connectivity index (χ2v) is 4.80. The van der Waals surface area contributed by atoms with E-state index in [1.54, 1.807) is 17.8 Å². The van der Waals surface area contributed by atoms with Crippen molar-refractivity contribution in [1.29, 1.82) is 5.26 Å². The molecule has 0 radical (unpaired) electrons. The Hall–Kier alpha value is -1.99. The van der Waals surface area contributed by atoms with Gasteiger partial charge in [-0.2, -0.15) is 5.26 Å². The standard InChI is InChI=1S/C13H8N2OS/c14-6-9-5-11-10-4-2-1-3-8(10)7-17-13(11)15-12(9)16/h1-5H,7H2,(H,15,16). The molecule has 4 heteroatoms. The fourth-order valence-electron chi connectivity index (χ4n) is 1.97. The van der Waals surface area contributed by atoms with Crippen LogP contribution in [0.4, 0.5) is 0 Å². The molecule has 0 unspecified atom stereocenters. The molecule has 17 heavy (non-hydrogen) atoms. The second kappa shape index (κ2) is 3.79. The maximum absolute atomic E-state index is 11.5. The summed E-state index contributed by atoms with van der Waals surface area (Å²) in [6, 6.07) is 11.7. The summed E-state index contributed by atoms with van der Waals surface area (Å²) in [6.45, 7) is 0. The molecule has 3 nitrogen and oxygen atoms in total. The van der Waals surface area contributed by atoms with E-state index in [1.165, 1.54) is 5.56 Å². The van der Waals surface area contributed by atoms with E-state index in [9.17, 15) is 4.79 Å². The van der Waals surface area contributed by atoms with Crippen molar-refractivity contribution < 1.29 is 0 Å². The van der Waals surface area contributed by atoms with Gasteiger partial charge in [-0.1, -0.05) is 24.3 Å². The molecule has 0 amide bonds. The SMILES string of the molecule is N#Cc1cc2c([nH]c1=O)SCc1ccccc1-2. The number of aromatic amines is 1. The van der Waals surface area contributed by atoms with E-state index >= 15 is 0 Å². The van der Waals surface area contributed by atoms with E-state index in [0.29, 0.717) is 0 Å². The maximum atomic E-state index is 11.5. The lowest BCUT2D eigenvalue weighted by Crippen LogP contribution is -2.13. The largest absolute Gasteiger partial charge is 0.315 e. The number of nitrogens with zero attached hydrogens (tertiary/aromatic N) is 1. The van der Waals surface area contributed by atoms with Gasteiger partial charge in [0.2, 0.25) is 0 Å². The highest BCUT2D eigenvalue weighted by molar-refractivity contribution is 7.98. The molecule has 2 heterocycles. The fourth-order valence-corrected chi connectivity index (χ4v) is 3.01. The first-order chi connectivity index (χ1) is 8.29. The number of thioether (sulfide) groups is 1. The first kappa shape index (κ1) is 10.2. The normalized spacial score (nSPS) is 12.4. The van der Waals surface area contributed by atoms with E-state index in [1.807, 2.05) is 24.3 Å². The summed E-state index contributed by atoms with van der Waals surface area (Å²) in [5.74, 6) is 0.852. The molecule has 1 aromatic carbocycles. The van der Waals surface area contributed by atoms with E-state index in [-0.39, 0.29) is 11.1 Å². The summed E-state index contributed by atoms with van der Waals surface area (Å²) in [4.78, 5) is 14.3. The van der Waals surface area contributed by atoms with Gasteiger partial charge in [0.15, 0.2) is 0 Å². The number of hydrogen-bond acceptors (Lipinski definition) is 3. The van der Waals surface area contributed by atoms with Crippen LogP contribution in [0.3, 0.4) is 0 Å². The summed E-state index contributed by atoms with van der Waals surface area (Å²) in [6.07, 6.45) is 0. The molecule has 2 aromatic rings. The zero-order valence-corrected chi connectivity index (χ0v) is 9.67. The quantitative estimate of drug-likeness (QED) is 0.769. The summed E-state index contributed by atoms with van der Waals surface area (Å²) >= 11 is 1.60. The average Bonchev–Trinajstić information content (AvgIpc) is 2.37. The Morgan fingerprint density at radius 2 is 2.12 bits per heavy atom. The number of rotatable bonds is 0. The topological polar surface area (TPSA) is 56.6 Å². The third kappa shape index (κ3) is 1.56. The molecule has 0 bridgehead atoms. The van der Waals surface area contributed by atoms with Crippen LogP contribution in [-0.2, 0) is 5.75 Å². The summed E-state index contributed by atoms with van der Waals surface area (Å²) in [5, 5.41) is 9.75. The van der Waals surface area contributed by atoms with Crippen molar-refractivity contribution in [3.05, 3.63) is 51.8 Å². The molecule has 0 saturated carbocycles. The highest BCUT2D eigenvalue weighted by Gasteiger charge is 2.18. The van der Waals surface area contributed by atoms with Crippen LogP contribution in [0.2, 0.25) is 0 Å². The Morgan fingerprint density at radius 3 is 2.94 bits per heavy atom. The molecule has 1 aliphatic rings. The Kier molecular flexibility index (Phi) is 2.27. The minimum absolute atomic E-state index is 0.168. The number of pyridine rings is 1. The van der Waals surface area contributed by atoms with Crippen LogP contribution >= 0.6 is 11.8 Å². The van der Waals surface area contributed by atoms with Crippen molar-refractivity contribution in [3.63, 3.8) is 0 Å². The lowest BCUT2D eigenvalue weighted by Gasteiger charge is -2.18. The summed E-state index contributed by atoms with van der Waals surface area (Å²) in [7, 11) is 0. The van der Waals surface area contributed by atoms with Crippen molar-refractivity contribution in [3.8, 4) is 17.2 Å². The number of nitrogens with one attached hydrogen (secondary N) is 1. The van der Waals surface area contributed by atoms with Crippen molar-refractivity contribution in [2.75, 3.05) is 0 Å². The fraction of sp³-hybridized carbons (Fsp3) is 0.0769. The summed E-state index contributed by atoms with van der Waals surface area (Å²) in [5.41, 5.74) is 3.15. The number of benzene rings is 1. The monoisotopic (exact) mass is 240 g/mol. The number of fused-ring (bicyclic) bond motifs is 3. The van der Waals surface area contributed by atoms with Crippen LogP contribution in [-0.4, -0.2) is 4.98 Å². The Labute approximate surface area is 102 Å². The number of nitriles is 1. The highest BCUT2D eigenvalue weighted by Crippen LogP contribution is 2.39. The molecule has 0 saturated heterocycles. The smallest absolute Gasteiger partial charge is 0.266 e. The van der Waals surface area contributed by atoms with Crippen molar-refractivity contribution in [2.24, 2.45) is 0 Å². The molecular weight excluding hydrogens is 232 g/mol. The van der Waals surface area contributed by atoms with Gasteiger partial charge in [-0.3, -0.25) is 4.79 Å². The maximum Gasteiger partial charge on any atom is 0.266 e. The van der Waals surface area contributed by atoms with E-state index in [4.69, 9.17) is 5.26 Å². The second-order valence-electron chi connectivity index (χ2n) is 3.81. The molecule has 1 aromatic heterocycles. The van der Waals surface area contributed by atoms with Crippen molar-refractivity contribution in [1.82, 2.24) is 4.98 Å². The first-order valence-corrected chi connectivity index (χ1v) is 6.16. The minimum Gasteiger partial charge on any atom is -0.315 e. The van der Waals surface area contributed by atoms with E-state index in [0.717, 1.165) is 21.9 Å². The van der Waals surface area contributed by atoms with Crippen LogP contribution in [0, 0.1) is 11.3 Å². The molecule has 1 N–H and O–H groups in total. The van der Waals surface area contributed by atoms with Crippen molar-refractivity contribution >= 4 is 11.8 Å². The lowest BCUT2D eigenvalue weighted by atomic mass is 10.0. The molecule has 0 aliphatic carbocycles. The zero-order valence-electron chi connectivity index (χ0n) is 8.86. The molecule has 3 rings (SSSR count). The number of H-pyrrole nitrogens is 1. The molecule has 1 aliphatic heterocycles. The van der Waals surface area contributed by atoms with E-state index in [2.05, 4.69) is 11.1 Å². The molecule has 0 atom stereocenters. The van der Waals surface area contributed by atoms with E-state index < -0.39 is 0 Å². The minimum atomic E-state index is -0.307. The van der Waals surface area contributed by atoms with Gasteiger partial charge >= 0.3 is 0 Å². The van der Waals surface area contributed by atoms with Crippen molar-refractivity contribution in [2.45, 2.75) is 10.8 Å². The lowest BCUT2D eigenvalue weighted by molar-refractivity contribution is 1.06. The molecule has 82 valence electrons. The van der Waals surface area contributed by atoms with Gasteiger partial charge < -0.3 is 4.98 Å². The Bertz CT molecular complexity index is 697. The average molecular weight is 240 g/mol. The van der Waals surface area contributed by atoms with Crippen LogP contribution in [0.15, 0.2) is 40.2 Å². The van der Waals surface area contributed by atoms with Crippen LogP contribution < -0.4 is 5.56 Å².